The second-order valence-corrected chi connectivity index (χ2v) is 9.89. The van der Waals surface area contributed by atoms with Crippen molar-refractivity contribution in [1.82, 2.24) is 9.62 Å². The Balaban J connectivity index is 2.12. The summed E-state index contributed by atoms with van der Waals surface area (Å²) in [6.07, 6.45) is 1.59. The number of carbonyl (C=O) groups excluding carboxylic acids is 1. The molecule has 7 heteroatoms. The Bertz CT molecular complexity index is 941. The third kappa shape index (κ3) is 7.84. The first kappa shape index (κ1) is 24.6. The summed E-state index contributed by atoms with van der Waals surface area (Å²) in [6.45, 7) is 10.1. The van der Waals surface area contributed by atoms with Gasteiger partial charge in [0.1, 0.15) is 6.61 Å². The van der Waals surface area contributed by atoms with Gasteiger partial charge in [0, 0.05) is 19.1 Å². The molecule has 0 spiro atoms. The summed E-state index contributed by atoms with van der Waals surface area (Å²) in [4.78, 5) is 12.6. The first-order chi connectivity index (χ1) is 14.7. The van der Waals surface area contributed by atoms with Crippen molar-refractivity contribution in [2.24, 2.45) is 5.92 Å². The van der Waals surface area contributed by atoms with E-state index in [0.717, 1.165) is 11.1 Å². The molecule has 0 aromatic heterocycles. The highest BCUT2D eigenvalue weighted by molar-refractivity contribution is 7.89. The maximum absolute atomic E-state index is 13.2. The van der Waals surface area contributed by atoms with E-state index in [-0.39, 0.29) is 30.5 Å². The van der Waals surface area contributed by atoms with Crippen molar-refractivity contribution in [3.63, 3.8) is 0 Å². The van der Waals surface area contributed by atoms with Crippen LogP contribution in [-0.2, 0) is 21.4 Å². The van der Waals surface area contributed by atoms with Gasteiger partial charge in [-0.1, -0.05) is 68.0 Å². The Morgan fingerprint density at radius 1 is 1.13 bits per heavy atom. The molecule has 2 aromatic rings. The van der Waals surface area contributed by atoms with Crippen LogP contribution >= 0.6 is 0 Å². The van der Waals surface area contributed by atoms with E-state index in [1.54, 1.807) is 30.3 Å². The van der Waals surface area contributed by atoms with E-state index >= 15 is 0 Å². The number of ether oxygens (including phenoxy) is 1. The third-order valence-electron chi connectivity index (χ3n) is 4.71. The van der Waals surface area contributed by atoms with E-state index in [0.29, 0.717) is 6.42 Å². The number of nitrogens with zero attached hydrogens (tertiary/aromatic N) is 1. The van der Waals surface area contributed by atoms with Gasteiger partial charge in [-0.2, -0.15) is 4.31 Å². The number of alkyl carbamates (subject to hydrolysis) is 1. The normalized spacial score (nSPS) is 12.5. The molecule has 2 rings (SSSR count). The minimum atomic E-state index is -3.73. The molecule has 1 N–H and O–H groups in total. The first-order valence-electron chi connectivity index (χ1n) is 10.4. The smallest absolute Gasteiger partial charge is 0.407 e. The van der Waals surface area contributed by atoms with Crippen molar-refractivity contribution in [3.05, 3.63) is 78.4 Å². The van der Waals surface area contributed by atoms with E-state index in [1.165, 1.54) is 4.31 Å². The zero-order valence-corrected chi connectivity index (χ0v) is 19.3. The Morgan fingerprint density at radius 2 is 1.77 bits per heavy atom. The Morgan fingerprint density at radius 3 is 2.35 bits per heavy atom. The fourth-order valence-corrected chi connectivity index (χ4v) is 4.66. The Hall–Kier alpha value is -2.64. The van der Waals surface area contributed by atoms with E-state index in [9.17, 15) is 13.2 Å². The zero-order chi connectivity index (χ0) is 22.9. The number of carbonyl (C=O) groups is 1. The van der Waals surface area contributed by atoms with Crippen LogP contribution in [0.1, 0.15) is 31.4 Å². The summed E-state index contributed by atoms with van der Waals surface area (Å²) < 4.78 is 33.0. The summed E-state index contributed by atoms with van der Waals surface area (Å²) in [6, 6.07) is 15.7. The van der Waals surface area contributed by atoms with Crippen LogP contribution in [0.25, 0.3) is 0 Å². The molecule has 31 heavy (non-hydrogen) atoms. The molecular formula is C24H32N2O4S. The van der Waals surface area contributed by atoms with Crippen molar-refractivity contribution < 1.29 is 17.9 Å². The fourth-order valence-electron chi connectivity index (χ4n) is 3.20. The molecule has 1 amide bonds. The highest BCUT2D eigenvalue weighted by atomic mass is 32.2. The fraction of sp³-hybridized carbons (Fsp3) is 0.375. The van der Waals surface area contributed by atoms with E-state index in [4.69, 9.17) is 4.74 Å². The third-order valence-corrected chi connectivity index (χ3v) is 6.55. The second kappa shape index (κ2) is 11.7. The van der Waals surface area contributed by atoms with Gasteiger partial charge in [-0.3, -0.25) is 0 Å². The van der Waals surface area contributed by atoms with Gasteiger partial charge >= 0.3 is 6.09 Å². The van der Waals surface area contributed by atoms with Crippen molar-refractivity contribution >= 4 is 16.1 Å². The maximum atomic E-state index is 13.2. The Kier molecular flexibility index (Phi) is 9.27. The molecule has 6 nitrogen and oxygen atoms in total. The number of rotatable bonds is 11. The quantitative estimate of drug-likeness (QED) is 0.517. The van der Waals surface area contributed by atoms with Crippen molar-refractivity contribution in [2.45, 2.75) is 44.7 Å². The van der Waals surface area contributed by atoms with Crippen LogP contribution in [-0.4, -0.2) is 37.9 Å². The standard InChI is InChI=1S/C24H32N2O4S/c1-5-15-26(31(28,29)23-13-11-20(4)12-14-23)17-22(16-19(2)3)25-24(27)30-18-21-9-7-6-8-10-21/h5-14,19,22H,1,15-18H2,2-4H3,(H,25,27)/t22-/m0/s1. The molecule has 0 aliphatic rings. The monoisotopic (exact) mass is 444 g/mol. The van der Waals surface area contributed by atoms with Crippen molar-refractivity contribution in [1.29, 1.82) is 0 Å². The van der Waals surface area contributed by atoms with Gasteiger partial charge in [-0.15, -0.1) is 6.58 Å². The minimum Gasteiger partial charge on any atom is -0.445 e. The van der Waals surface area contributed by atoms with Crippen LogP contribution in [0.3, 0.4) is 0 Å². The molecule has 168 valence electrons. The molecule has 0 saturated heterocycles. The molecule has 0 heterocycles. The number of hydrogen-bond donors (Lipinski definition) is 1. The lowest BCUT2D eigenvalue weighted by molar-refractivity contribution is 0.132. The largest absolute Gasteiger partial charge is 0.445 e. The molecular weight excluding hydrogens is 412 g/mol. The van der Waals surface area contributed by atoms with Crippen LogP contribution in [0.15, 0.2) is 72.1 Å². The minimum absolute atomic E-state index is 0.126. The van der Waals surface area contributed by atoms with Crippen LogP contribution in [0.4, 0.5) is 4.79 Å². The summed E-state index contributed by atoms with van der Waals surface area (Å²) in [5, 5.41) is 2.84. The second-order valence-electron chi connectivity index (χ2n) is 7.96. The summed E-state index contributed by atoms with van der Waals surface area (Å²) >= 11 is 0. The maximum Gasteiger partial charge on any atom is 0.407 e. The number of benzene rings is 2. The number of amides is 1. The van der Waals surface area contributed by atoms with E-state index in [1.807, 2.05) is 51.1 Å². The van der Waals surface area contributed by atoms with Gasteiger partial charge in [0.2, 0.25) is 10.0 Å². The van der Waals surface area contributed by atoms with Gasteiger partial charge in [-0.05, 0) is 37.0 Å². The van der Waals surface area contributed by atoms with Crippen molar-refractivity contribution in [3.8, 4) is 0 Å². The number of aryl methyl sites for hydroxylation is 1. The van der Waals surface area contributed by atoms with Crippen molar-refractivity contribution in [2.75, 3.05) is 13.1 Å². The van der Waals surface area contributed by atoms with Gasteiger partial charge in [0.25, 0.3) is 0 Å². The van der Waals surface area contributed by atoms with Crippen LogP contribution in [0.2, 0.25) is 0 Å². The lowest BCUT2D eigenvalue weighted by atomic mass is 10.0. The van der Waals surface area contributed by atoms with Gasteiger partial charge < -0.3 is 10.1 Å². The predicted octanol–water partition coefficient (Wildman–Crippen LogP) is 4.51. The lowest BCUT2D eigenvalue weighted by Gasteiger charge is -2.28. The van der Waals surface area contributed by atoms with Gasteiger partial charge in [0.15, 0.2) is 0 Å². The SMILES string of the molecule is C=CCN(C[C@H](CC(C)C)NC(=O)OCc1ccccc1)S(=O)(=O)c1ccc(C)cc1. The number of nitrogens with one attached hydrogen (secondary N) is 1. The Labute approximate surface area is 186 Å². The van der Waals surface area contributed by atoms with Crippen LogP contribution in [0.5, 0.6) is 0 Å². The first-order valence-corrected chi connectivity index (χ1v) is 11.8. The van der Waals surface area contributed by atoms with E-state index in [2.05, 4.69) is 11.9 Å². The molecule has 0 saturated carbocycles. The van der Waals surface area contributed by atoms with Crippen LogP contribution in [0, 0.1) is 12.8 Å². The lowest BCUT2D eigenvalue weighted by Crippen LogP contribution is -2.46. The highest BCUT2D eigenvalue weighted by Gasteiger charge is 2.27. The summed E-state index contributed by atoms with van der Waals surface area (Å²) in [5.41, 5.74) is 1.86. The van der Waals surface area contributed by atoms with Crippen LogP contribution < -0.4 is 5.32 Å². The molecule has 0 unspecified atom stereocenters. The number of sulfonamides is 1. The topological polar surface area (TPSA) is 75.7 Å². The van der Waals surface area contributed by atoms with Gasteiger partial charge in [0.05, 0.1) is 4.90 Å². The predicted molar refractivity (Wildman–Crippen MR) is 123 cm³/mol. The summed E-state index contributed by atoms with van der Waals surface area (Å²) in [5.74, 6) is 0.257. The average molecular weight is 445 g/mol. The molecule has 2 aromatic carbocycles. The molecule has 1 atom stereocenters. The van der Waals surface area contributed by atoms with Gasteiger partial charge in [-0.25, -0.2) is 13.2 Å². The molecule has 0 radical (unpaired) electrons. The molecule has 0 bridgehead atoms. The van der Waals surface area contributed by atoms with E-state index < -0.39 is 22.2 Å². The molecule has 0 aliphatic carbocycles. The zero-order valence-electron chi connectivity index (χ0n) is 18.5. The highest BCUT2D eigenvalue weighted by Crippen LogP contribution is 2.18. The average Bonchev–Trinajstić information content (AvgIpc) is 2.72. The summed E-state index contributed by atoms with van der Waals surface area (Å²) in [7, 11) is -3.73. The molecule has 0 fully saturated rings. The molecule has 0 aliphatic heterocycles. The number of hydrogen-bond acceptors (Lipinski definition) is 4.